The monoisotopic (exact) mass is 255 g/mol. The third-order valence-corrected chi connectivity index (χ3v) is 4.10. The Morgan fingerprint density at radius 3 is 2.44 bits per heavy atom. The van der Waals surface area contributed by atoms with Gasteiger partial charge in [0.1, 0.15) is 0 Å². The number of nitrogens with two attached hydrogens (primary N) is 1. The van der Waals surface area contributed by atoms with Crippen LogP contribution < -0.4 is 11.1 Å². The highest BCUT2D eigenvalue weighted by molar-refractivity contribution is 5.76. The number of carbonyl (C=O) groups excluding carboxylic acids is 1. The second-order valence-electron chi connectivity index (χ2n) is 5.66. The number of nitrogens with zero attached hydrogens (tertiary/aromatic N) is 1. The fourth-order valence-corrected chi connectivity index (χ4v) is 2.80. The first kappa shape index (κ1) is 15.4. The molecule has 0 saturated carbocycles. The van der Waals surface area contributed by atoms with Crippen molar-refractivity contribution in [2.75, 3.05) is 26.2 Å². The lowest BCUT2D eigenvalue weighted by Crippen LogP contribution is -2.47. The third-order valence-electron chi connectivity index (χ3n) is 4.10. The highest BCUT2D eigenvalue weighted by atomic mass is 16.1. The number of piperidine rings is 1. The summed E-state index contributed by atoms with van der Waals surface area (Å²) in [5.41, 5.74) is 5.82. The summed E-state index contributed by atoms with van der Waals surface area (Å²) < 4.78 is 0. The Bertz CT molecular complexity index is 247. The van der Waals surface area contributed by atoms with E-state index in [9.17, 15) is 4.79 Å². The number of likely N-dealkylation sites (tertiary alicyclic amines) is 1. The summed E-state index contributed by atoms with van der Waals surface area (Å²) in [4.78, 5) is 14.0. The molecule has 4 nitrogen and oxygen atoms in total. The summed E-state index contributed by atoms with van der Waals surface area (Å²) in [5.74, 6) is 1.73. The number of rotatable bonds is 6. The minimum atomic E-state index is 0.124. The molecule has 18 heavy (non-hydrogen) atoms. The molecule has 1 rings (SSSR count). The van der Waals surface area contributed by atoms with E-state index in [1.165, 1.54) is 12.8 Å². The van der Waals surface area contributed by atoms with Gasteiger partial charge in [-0.3, -0.25) is 9.69 Å². The van der Waals surface area contributed by atoms with E-state index in [0.29, 0.717) is 19.5 Å². The van der Waals surface area contributed by atoms with E-state index in [0.717, 1.165) is 24.9 Å². The fourth-order valence-electron chi connectivity index (χ4n) is 2.80. The zero-order valence-electron chi connectivity index (χ0n) is 12.1. The maximum Gasteiger partial charge on any atom is 0.221 e. The number of carbonyl (C=O) groups is 1. The molecule has 1 atom stereocenters. The van der Waals surface area contributed by atoms with Gasteiger partial charge in [0.05, 0.1) is 0 Å². The number of nitrogens with one attached hydrogen (secondary N) is 1. The number of amides is 1. The standard InChI is InChI=1S/C14H29N3O/c1-4-16-14(18)9-13(10-15)17-7-5-12(6-8-17)11(2)3/h11-13H,4-10,15H2,1-3H3,(H,16,18). The van der Waals surface area contributed by atoms with E-state index in [2.05, 4.69) is 24.1 Å². The highest BCUT2D eigenvalue weighted by Gasteiger charge is 2.26. The van der Waals surface area contributed by atoms with E-state index in [1.54, 1.807) is 0 Å². The zero-order valence-corrected chi connectivity index (χ0v) is 12.1. The van der Waals surface area contributed by atoms with Crippen LogP contribution in [0.5, 0.6) is 0 Å². The average Bonchev–Trinajstić information content (AvgIpc) is 2.36. The SMILES string of the molecule is CCNC(=O)CC(CN)N1CCC(C(C)C)CC1. The number of hydrogen-bond acceptors (Lipinski definition) is 3. The van der Waals surface area contributed by atoms with Crippen LogP contribution in [0.2, 0.25) is 0 Å². The van der Waals surface area contributed by atoms with Crippen LogP contribution in [0.1, 0.15) is 40.0 Å². The molecule has 1 amide bonds. The summed E-state index contributed by atoms with van der Waals surface area (Å²) in [6.07, 6.45) is 3.02. The van der Waals surface area contributed by atoms with Gasteiger partial charge < -0.3 is 11.1 Å². The normalized spacial score (nSPS) is 20.1. The van der Waals surface area contributed by atoms with Crippen LogP contribution in [0.15, 0.2) is 0 Å². The smallest absolute Gasteiger partial charge is 0.221 e. The minimum absolute atomic E-state index is 0.124. The Morgan fingerprint density at radius 2 is 2.00 bits per heavy atom. The van der Waals surface area contributed by atoms with Gasteiger partial charge in [-0.05, 0) is 44.7 Å². The van der Waals surface area contributed by atoms with Gasteiger partial charge in [0.15, 0.2) is 0 Å². The Hall–Kier alpha value is -0.610. The molecule has 1 saturated heterocycles. The van der Waals surface area contributed by atoms with Gasteiger partial charge in [0.2, 0.25) is 5.91 Å². The van der Waals surface area contributed by atoms with Crippen LogP contribution in [0.25, 0.3) is 0 Å². The molecule has 106 valence electrons. The van der Waals surface area contributed by atoms with Gasteiger partial charge in [-0.15, -0.1) is 0 Å². The number of hydrogen-bond donors (Lipinski definition) is 2. The predicted molar refractivity (Wildman–Crippen MR) is 75.3 cm³/mol. The van der Waals surface area contributed by atoms with E-state index in [4.69, 9.17) is 5.73 Å². The van der Waals surface area contributed by atoms with E-state index >= 15 is 0 Å². The molecular weight excluding hydrogens is 226 g/mol. The lowest BCUT2D eigenvalue weighted by Gasteiger charge is -2.38. The molecule has 0 bridgehead atoms. The highest BCUT2D eigenvalue weighted by Crippen LogP contribution is 2.25. The molecule has 4 heteroatoms. The predicted octanol–water partition coefficient (Wildman–Crippen LogP) is 1.21. The van der Waals surface area contributed by atoms with E-state index in [1.807, 2.05) is 6.92 Å². The molecule has 3 N–H and O–H groups in total. The van der Waals surface area contributed by atoms with E-state index in [-0.39, 0.29) is 11.9 Å². The zero-order chi connectivity index (χ0) is 13.5. The van der Waals surface area contributed by atoms with Crippen molar-refractivity contribution in [1.29, 1.82) is 0 Å². The van der Waals surface area contributed by atoms with Crippen LogP contribution in [0, 0.1) is 11.8 Å². The second kappa shape index (κ2) is 7.74. The Labute approximate surface area is 111 Å². The van der Waals surface area contributed by atoms with Crippen molar-refractivity contribution < 1.29 is 4.79 Å². The molecule has 1 heterocycles. The van der Waals surface area contributed by atoms with Crippen LogP contribution in [-0.4, -0.2) is 43.0 Å². The third kappa shape index (κ3) is 4.58. The van der Waals surface area contributed by atoms with Gasteiger partial charge in [0, 0.05) is 25.6 Å². The minimum Gasteiger partial charge on any atom is -0.356 e. The molecule has 1 unspecified atom stereocenters. The molecule has 0 radical (unpaired) electrons. The van der Waals surface area contributed by atoms with Gasteiger partial charge in [-0.2, -0.15) is 0 Å². The van der Waals surface area contributed by atoms with Crippen LogP contribution >= 0.6 is 0 Å². The molecule has 1 aliphatic heterocycles. The lowest BCUT2D eigenvalue weighted by atomic mass is 9.86. The topological polar surface area (TPSA) is 58.4 Å². The molecule has 0 aromatic carbocycles. The average molecular weight is 255 g/mol. The molecule has 0 aromatic rings. The maximum absolute atomic E-state index is 11.6. The Balaban J connectivity index is 2.40. The van der Waals surface area contributed by atoms with Crippen molar-refractivity contribution in [2.24, 2.45) is 17.6 Å². The summed E-state index contributed by atoms with van der Waals surface area (Å²) in [7, 11) is 0. The van der Waals surface area contributed by atoms with Crippen molar-refractivity contribution in [3.63, 3.8) is 0 Å². The van der Waals surface area contributed by atoms with Crippen molar-refractivity contribution in [3.8, 4) is 0 Å². The van der Waals surface area contributed by atoms with Gasteiger partial charge in [-0.1, -0.05) is 13.8 Å². The largest absolute Gasteiger partial charge is 0.356 e. The van der Waals surface area contributed by atoms with Crippen LogP contribution in [0.3, 0.4) is 0 Å². The molecule has 0 spiro atoms. The first-order valence-corrected chi connectivity index (χ1v) is 7.29. The van der Waals surface area contributed by atoms with Crippen molar-refractivity contribution in [2.45, 2.75) is 46.1 Å². The summed E-state index contributed by atoms with van der Waals surface area (Å²) in [5, 5.41) is 2.86. The van der Waals surface area contributed by atoms with E-state index < -0.39 is 0 Å². The summed E-state index contributed by atoms with van der Waals surface area (Å²) >= 11 is 0. The molecule has 1 aliphatic rings. The molecule has 1 fully saturated rings. The Kier molecular flexibility index (Phi) is 6.65. The second-order valence-corrected chi connectivity index (χ2v) is 5.66. The lowest BCUT2D eigenvalue weighted by molar-refractivity contribution is -0.122. The molecule has 0 aromatic heterocycles. The van der Waals surface area contributed by atoms with Crippen LogP contribution in [-0.2, 0) is 4.79 Å². The summed E-state index contributed by atoms with van der Waals surface area (Å²) in [6, 6.07) is 0.213. The quantitative estimate of drug-likeness (QED) is 0.750. The molecular formula is C14H29N3O. The van der Waals surface area contributed by atoms with Crippen LogP contribution in [0.4, 0.5) is 0 Å². The van der Waals surface area contributed by atoms with Crippen molar-refractivity contribution in [3.05, 3.63) is 0 Å². The van der Waals surface area contributed by atoms with Gasteiger partial charge in [0.25, 0.3) is 0 Å². The molecule has 0 aliphatic carbocycles. The first-order chi connectivity index (χ1) is 8.58. The van der Waals surface area contributed by atoms with Gasteiger partial charge >= 0.3 is 0 Å². The summed E-state index contributed by atoms with van der Waals surface area (Å²) in [6.45, 7) is 10.00. The van der Waals surface area contributed by atoms with Crippen molar-refractivity contribution >= 4 is 5.91 Å². The first-order valence-electron chi connectivity index (χ1n) is 7.29. The maximum atomic E-state index is 11.6. The van der Waals surface area contributed by atoms with Gasteiger partial charge in [-0.25, -0.2) is 0 Å². The Morgan fingerprint density at radius 1 is 1.39 bits per heavy atom. The van der Waals surface area contributed by atoms with Crippen molar-refractivity contribution in [1.82, 2.24) is 10.2 Å². The fraction of sp³-hybridized carbons (Fsp3) is 0.929.